The Kier molecular flexibility index (Phi) is 3.08. The molecule has 0 aromatic carbocycles. The molecule has 2 N–H and O–H groups in total. The summed E-state index contributed by atoms with van der Waals surface area (Å²) >= 11 is 0. The Hall–Kier alpha value is -0.720. The summed E-state index contributed by atoms with van der Waals surface area (Å²) in [5.41, 5.74) is 5.62. The standard InChI is InChI=1S/C8H14N2O3S/c1-3-13-14(11,12)8(7(2)9)5-4-6-10-8/h4-7H,3,9H2,1-2H3. The molecule has 0 spiro atoms. The first kappa shape index (κ1) is 11.4. The van der Waals surface area contributed by atoms with Crippen molar-refractivity contribution < 1.29 is 12.6 Å². The van der Waals surface area contributed by atoms with Crippen molar-refractivity contribution in [3.63, 3.8) is 0 Å². The van der Waals surface area contributed by atoms with Crippen LogP contribution in [0.3, 0.4) is 0 Å². The highest BCUT2D eigenvalue weighted by molar-refractivity contribution is 7.88. The fourth-order valence-corrected chi connectivity index (χ4v) is 2.67. The van der Waals surface area contributed by atoms with E-state index in [1.165, 1.54) is 12.3 Å². The van der Waals surface area contributed by atoms with E-state index in [-0.39, 0.29) is 6.61 Å². The maximum absolute atomic E-state index is 11.7. The van der Waals surface area contributed by atoms with Gasteiger partial charge in [-0.2, -0.15) is 8.42 Å². The topological polar surface area (TPSA) is 81.8 Å². The van der Waals surface area contributed by atoms with Gasteiger partial charge in [-0.25, -0.2) is 0 Å². The molecule has 0 bridgehead atoms. The first-order valence-electron chi connectivity index (χ1n) is 4.34. The van der Waals surface area contributed by atoms with E-state index in [1.807, 2.05) is 0 Å². The molecule has 2 atom stereocenters. The maximum atomic E-state index is 11.7. The normalized spacial score (nSPS) is 28.2. The summed E-state index contributed by atoms with van der Waals surface area (Å²) in [5.74, 6) is 0. The molecular weight excluding hydrogens is 204 g/mol. The summed E-state index contributed by atoms with van der Waals surface area (Å²) < 4.78 is 28.2. The average Bonchev–Trinajstić information content (AvgIpc) is 2.52. The summed E-state index contributed by atoms with van der Waals surface area (Å²) in [6.45, 7) is 3.28. The van der Waals surface area contributed by atoms with Crippen molar-refractivity contribution in [1.29, 1.82) is 0 Å². The zero-order chi connectivity index (χ0) is 10.8. The second-order valence-corrected chi connectivity index (χ2v) is 4.84. The van der Waals surface area contributed by atoms with Crippen LogP contribution in [0.15, 0.2) is 17.1 Å². The molecule has 2 unspecified atom stereocenters. The van der Waals surface area contributed by atoms with Gasteiger partial charge in [-0.15, -0.1) is 0 Å². The van der Waals surface area contributed by atoms with Gasteiger partial charge in [-0.05, 0) is 26.0 Å². The van der Waals surface area contributed by atoms with Gasteiger partial charge in [-0.1, -0.05) is 0 Å². The second-order valence-electron chi connectivity index (χ2n) is 3.04. The lowest BCUT2D eigenvalue weighted by Gasteiger charge is -2.26. The van der Waals surface area contributed by atoms with E-state index in [0.717, 1.165) is 0 Å². The molecule has 0 aromatic heterocycles. The van der Waals surface area contributed by atoms with Crippen LogP contribution in [0.25, 0.3) is 0 Å². The monoisotopic (exact) mass is 218 g/mol. The highest BCUT2D eigenvalue weighted by Gasteiger charge is 2.46. The van der Waals surface area contributed by atoms with Crippen LogP contribution in [0.1, 0.15) is 13.8 Å². The number of hydrogen-bond acceptors (Lipinski definition) is 5. The van der Waals surface area contributed by atoms with Gasteiger partial charge in [0, 0.05) is 12.3 Å². The predicted octanol–water partition coefficient (Wildman–Crippen LogP) is 0.0368. The van der Waals surface area contributed by atoms with Gasteiger partial charge in [0.1, 0.15) is 0 Å². The van der Waals surface area contributed by atoms with Crippen LogP contribution in [0.2, 0.25) is 0 Å². The van der Waals surface area contributed by atoms with Gasteiger partial charge in [0.2, 0.25) is 4.87 Å². The molecule has 1 aliphatic rings. The lowest BCUT2D eigenvalue weighted by molar-refractivity contribution is 0.317. The smallest absolute Gasteiger partial charge is 0.298 e. The lowest BCUT2D eigenvalue weighted by atomic mass is 10.1. The number of aliphatic imine (C=N–C) groups is 1. The van der Waals surface area contributed by atoms with E-state index in [9.17, 15) is 8.42 Å². The van der Waals surface area contributed by atoms with Crippen LogP contribution >= 0.6 is 0 Å². The minimum absolute atomic E-state index is 0.0835. The Labute approximate surface area is 83.8 Å². The van der Waals surface area contributed by atoms with E-state index < -0.39 is 21.0 Å². The molecule has 80 valence electrons. The Morgan fingerprint density at radius 3 is 2.64 bits per heavy atom. The molecule has 1 heterocycles. The van der Waals surface area contributed by atoms with Crippen molar-refractivity contribution in [1.82, 2.24) is 0 Å². The maximum Gasteiger partial charge on any atom is 0.298 e. The second kappa shape index (κ2) is 3.80. The molecular formula is C8H14N2O3S. The largest absolute Gasteiger partial charge is 0.325 e. The Bertz CT molecular complexity index is 345. The molecule has 1 rings (SSSR count). The first-order valence-corrected chi connectivity index (χ1v) is 5.74. The molecule has 0 saturated carbocycles. The number of nitrogens with zero attached hydrogens (tertiary/aromatic N) is 1. The lowest BCUT2D eigenvalue weighted by Crippen LogP contribution is -2.49. The van der Waals surface area contributed by atoms with E-state index >= 15 is 0 Å². The number of allylic oxidation sites excluding steroid dienone is 1. The number of rotatable bonds is 4. The Balaban J connectivity index is 3.14. The summed E-state index contributed by atoms with van der Waals surface area (Å²) in [7, 11) is -3.78. The fraction of sp³-hybridized carbons (Fsp3) is 0.625. The molecule has 14 heavy (non-hydrogen) atoms. The highest BCUT2D eigenvalue weighted by atomic mass is 32.2. The quantitative estimate of drug-likeness (QED) is 0.675. The molecule has 5 nitrogen and oxygen atoms in total. The zero-order valence-corrected chi connectivity index (χ0v) is 8.99. The van der Waals surface area contributed by atoms with Gasteiger partial charge in [0.15, 0.2) is 0 Å². The molecule has 0 radical (unpaired) electrons. The minimum atomic E-state index is -3.78. The van der Waals surface area contributed by atoms with Gasteiger partial charge in [0.25, 0.3) is 10.1 Å². The molecule has 1 aliphatic heterocycles. The highest BCUT2D eigenvalue weighted by Crippen LogP contribution is 2.28. The van der Waals surface area contributed by atoms with Gasteiger partial charge >= 0.3 is 0 Å². The Morgan fingerprint density at radius 1 is 1.64 bits per heavy atom. The SMILES string of the molecule is CCOS(=O)(=O)C1(C(C)N)C=CC=N1. The predicted molar refractivity (Wildman–Crippen MR) is 54.6 cm³/mol. The van der Waals surface area contributed by atoms with E-state index in [2.05, 4.69) is 4.99 Å². The van der Waals surface area contributed by atoms with E-state index in [1.54, 1.807) is 19.9 Å². The van der Waals surface area contributed by atoms with Crippen molar-refractivity contribution >= 4 is 16.3 Å². The van der Waals surface area contributed by atoms with Gasteiger partial charge < -0.3 is 5.73 Å². The van der Waals surface area contributed by atoms with Crippen LogP contribution < -0.4 is 5.73 Å². The molecule has 0 aromatic rings. The third-order valence-corrected chi connectivity index (χ3v) is 3.98. The van der Waals surface area contributed by atoms with Crippen molar-refractivity contribution in [2.45, 2.75) is 24.8 Å². The van der Waals surface area contributed by atoms with Crippen molar-refractivity contribution in [3.05, 3.63) is 12.2 Å². The van der Waals surface area contributed by atoms with Crippen LogP contribution in [0, 0.1) is 0 Å². The van der Waals surface area contributed by atoms with Crippen molar-refractivity contribution in [2.75, 3.05) is 6.61 Å². The summed E-state index contributed by atoms with van der Waals surface area (Å²) in [5, 5.41) is 0. The molecule has 0 aliphatic carbocycles. The summed E-state index contributed by atoms with van der Waals surface area (Å²) in [6.07, 6.45) is 4.42. The van der Waals surface area contributed by atoms with Crippen LogP contribution in [-0.2, 0) is 14.3 Å². The number of nitrogens with two attached hydrogens (primary N) is 1. The van der Waals surface area contributed by atoms with Crippen LogP contribution in [0.5, 0.6) is 0 Å². The summed E-state index contributed by atoms with van der Waals surface area (Å²) in [6, 6.07) is -0.644. The number of hydrogen-bond donors (Lipinski definition) is 1. The molecule has 0 saturated heterocycles. The third-order valence-electron chi connectivity index (χ3n) is 2.02. The van der Waals surface area contributed by atoms with Gasteiger partial charge in [-0.3, -0.25) is 9.18 Å². The van der Waals surface area contributed by atoms with E-state index in [0.29, 0.717) is 0 Å². The molecule has 0 amide bonds. The van der Waals surface area contributed by atoms with Crippen LogP contribution in [-0.4, -0.2) is 32.2 Å². The fourth-order valence-electron chi connectivity index (χ4n) is 1.28. The Morgan fingerprint density at radius 2 is 2.29 bits per heavy atom. The average molecular weight is 218 g/mol. The minimum Gasteiger partial charge on any atom is -0.325 e. The van der Waals surface area contributed by atoms with Crippen LogP contribution in [0.4, 0.5) is 0 Å². The third kappa shape index (κ3) is 1.60. The summed E-state index contributed by atoms with van der Waals surface area (Å²) in [4.78, 5) is 2.44. The van der Waals surface area contributed by atoms with Crippen molar-refractivity contribution in [3.8, 4) is 0 Å². The van der Waals surface area contributed by atoms with Crippen molar-refractivity contribution in [2.24, 2.45) is 10.7 Å². The van der Waals surface area contributed by atoms with Gasteiger partial charge in [0.05, 0.1) is 6.61 Å². The molecule has 0 fully saturated rings. The zero-order valence-electron chi connectivity index (χ0n) is 8.17. The molecule has 6 heteroatoms. The first-order chi connectivity index (χ1) is 6.46. The van der Waals surface area contributed by atoms with E-state index in [4.69, 9.17) is 9.92 Å².